The van der Waals surface area contributed by atoms with Gasteiger partial charge >= 0.3 is 5.69 Å². The predicted octanol–water partition coefficient (Wildman–Crippen LogP) is 2.98. The van der Waals surface area contributed by atoms with Crippen LogP contribution in [0.4, 0.5) is 11.5 Å². The first kappa shape index (κ1) is 14.2. The van der Waals surface area contributed by atoms with Crippen molar-refractivity contribution in [3.63, 3.8) is 0 Å². The van der Waals surface area contributed by atoms with Crippen molar-refractivity contribution in [1.29, 1.82) is 0 Å². The summed E-state index contributed by atoms with van der Waals surface area (Å²) in [5.74, 6) is 0.205. The van der Waals surface area contributed by atoms with Crippen molar-refractivity contribution >= 4 is 23.1 Å². The first-order valence-electron chi connectivity index (χ1n) is 5.90. The van der Waals surface area contributed by atoms with Gasteiger partial charge in [-0.15, -0.1) is 0 Å². The molecule has 2 rings (SSSR count). The Bertz CT molecular complexity index is 648. The number of benzene rings is 1. The average Bonchev–Trinajstić information content (AvgIpc) is 2.37. The van der Waals surface area contributed by atoms with Gasteiger partial charge < -0.3 is 4.90 Å². The van der Waals surface area contributed by atoms with E-state index in [1.54, 1.807) is 11.9 Å². The van der Waals surface area contributed by atoms with Gasteiger partial charge in [-0.25, -0.2) is 9.97 Å². The zero-order chi connectivity index (χ0) is 14.7. The number of anilines is 1. The van der Waals surface area contributed by atoms with Crippen molar-refractivity contribution in [3.05, 3.63) is 57.0 Å². The minimum atomic E-state index is -0.565. The highest BCUT2D eigenvalue weighted by molar-refractivity contribution is 6.31. The molecule has 1 aromatic carbocycles. The number of halogens is 1. The van der Waals surface area contributed by atoms with E-state index in [-0.39, 0.29) is 16.7 Å². The molecule has 2 aromatic rings. The van der Waals surface area contributed by atoms with Crippen LogP contribution < -0.4 is 4.90 Å². The summed E-state index contributed by atoms with van der Waals surface area (Å²) in [4.78, 5) is 19.8. The van der Waals surface area contributed by atoms with Crippen molar-refractivity contribution in [2.45, 2.75) is 13.5 Å². The normalized spacial score (nSPS) is 10.3. The fourth-order valence-electron chi connectivity index (χ4n) is 1.94. The Morgan fingerprint density at radius 1 is 1.40 bits per heavy atom. The Labute approximate surface area is 121 Å². The number of hydrogen-bond donors (Lipinski definition) is 0. The summed E-state index contributed by atoms with van der Waals surface area (Å²) in [6, 6.07) is 7.91. The van der Waals surface area contributed by atoms with E-state index in [0.29, 0.717) is 6.54 Å². The molecule has 0 unspecified atom stereocenters. The topological polar surface area (TPSA) is 72.2 Å². The number of hydrogen-bond acceptors (Lipinski definition) is 5. The first-order valence-corrected chi connectivity index (χ1v) is 6.28. The third-order valence-corrected chi connectivity index (χ3v) is 3.08. The molecule has 0 radical (unpaired) electrons. The van der Waals surface area contributed by atoms with E-state index in [1.807, 2.05) is 31.2 Å². The number of aryl methyl sites for hydroxylation is 1. The highest BCUT2D eigenvalue weighted by Gasteiger charge is 2.24. The lowest BCUT2D eigenvalue weighted by molar-refractivity contribution is -0.384. The summed E-state index contributed by atoms with van der Waals surface area (Å²) in [6.45, 7) is 2.49. The Balaban J connectivity index is 2.32. The minimum Gasteiger partial charge on any atom is -0.349 e. The minimum absolute atomic E-state index is 0.156. The molecule has 0 spiro atoms. The quantitative estimate of drug-likeness (QED) is 0.492. The second kappa shape index (κ2) is 5.83. The molecule has 1 aromatic heterocycles. The van der Waals surface area contributed by atoms with Crippen molar-refractivity contribution in [2.75, 3.05) is 11.9 Å². The van der Waals surface area contributed by atoms with Crippen LogP contribution in [-0.4, -0.2) is 21.9 Å². The van der Waals surface area contributed by atoms with Crippen molar-refractivity contribution < 1.29 is 4.92 Å². The van der Waals surface area contributed by atoms with Gasteiger partial charge in [0.15, 0.2) is 0 Å². The molecule has 0 saturated heterocycles. The molecule has 0 aliphatic rings. The summed E-state index contributed by atoms with van der Waals surface area (Å²) < 4.78 is 0. The molecule has 20 heavy (non-hydrogen) atoms. The molecule has 1 heterocycles. The Hall–Kier alpha value is -2.21. The van der Waals surface area contributed by atoms with Gasteiger partial charge in [0.25, 0.3) is 0 Å². The van der Waals surface area contributed by atoms with E-state index in [2.05, 4.69) is 9.97 Å². The lowest BCUT2D eigenvalue weighted by atomic mass is 10.1. The Kier molecular flexibility index (Phi) is 4.14. The van der Waals surface area contributed by atoms with Crippen molar-refractivity contribution in [1.82, 2.24) is 9.97 Å². The van der Waals surface area contributed by atoms with Crippen LogP contribution in [0, 0.1) is 17.0 Å². The van der Waals surface area contributed by atoms with E-state index in [0.717, 1.165) is 11.1 Å². The molecular weight excluding hydrogens is 280 g/mol. The second-order valence-electron chi connectivity index (χ2n) is 4.44. The lowest BCUT2D eigenvalue weighted by Gasteiger charge is -2.18. The summed E-state index contributed by atoms with van der Waals surface area (Å²) in [6.07, 6.45) is 1.22. The Morgan fingerprint density at radius 2 is 2.15 bits per heavy atom. The zero-order valence-electron chi connectivity index (χ0n) is 11.1. The van der Waals surface area contributed by atoms with E-state index in [1.165, 1.54) is 6.33 Å². The maximum atomic E-state index is 11.1. The highest BCUT2D eigenvalue weighted by Crippen LogP contribution is 2.31. The molecule has 104 valence electrons. The maximum Gasteiger partial charge on any atom is 0.348 e. The third-order valence-electron chi connectivity index (χ3n) is 2.80. The van der Waals surface area contributed by atoms with Crippen LogP contribution in [0.25, 0.3) is 0 Å². The van der Waals surface area contributed by atoms with Crippen LogP contribution in [0.3, 0.4) is 0 Å². The number of rotatable bonds is 4. The van der Waals surface area contributed by atoms with Gasteiger partial charge in [0, 0.05) is 13.6 Å². The van der Waals surface area contributed by atoms with Crippen LogP contribution in [0.15, 0.2) is 30.6 Å². The average molecular weight is 293 g/mol. The third kappa shape index (κ3) is 3.03. The molecule has 0 fully saturated rings. The molecule has 0 aliphatic carbocycles. The molecule has 0 amide bonds. The van der Waals surface area contributed by atoms with Gasteiger partial charge in [-0.1, -0.05) is 41.4 Å². The van der Waals surface area contributed by atoms with Crippen LogP contribution in [-0.2, 0) is 6.54 Å². The molecule has 6 nitrogen and oxygen atoms in total. The van der Waals surface area contributed by atoms with E-state index >= 15 is 0 Å². The van der Waals surface area contributed by atoms with E-state index < -0.39 is 4.92 Å². The number of nitro groups is 1. The molecule has 7 heteroatoms. The molecule has 0 atom stereocenters. The smallest absolute Gasteiger partial charge is 0.348 e. The van der Waals surface area contributed by atoms with Gasteiger partial charge in [-0.3, -0.25) is 10.1 Å². The SMILES string of the molecule is Cc1cccc(CN(C)c2ncnc(Cl)c2[N+](=O)[O-])c1. The van der Waals surface area contributed by atoms with Gasteiger partial charge in [-0.05, 0) is 12.5 Å². The van der Waals surface area contributed by atoms with E-state index in [4.69, 9.17) is 11.6 Å². The largest absolute Gasteiger partial charge is 0.349 e. The van der Waals surface area contributed by atoms with Gasteiger partial charge in [0.05, 0.1) is 4.92 Å². The summed E-state index contributed by atoms with van der Waals surface area (Å²) >= 11 is 5.78. The standard InChI is InChI=1S/C13H13ClN4O2/c1-9-4-3-5-10(6-9)7-17(2)13-11(18(19)20)12(14)15-8-16-13/h3-6,8H,7H2,1-2H3. The molecule has 0 bridgehead atoms. The molecule has 0 aliphatic heterocycles. The number of aromatic nitrogens is 2. The fourth-order valence-corrected chi connectivity index (χ4v) is 2.14. The van der Waals surface area contributed by atoms with Gasteiger partial charge in [-0.2, -0.15) is 0 Å². The summed E-state index contributed by atoms with van der Waals surface area (Å²) in [7, 11) is 1.73. The number of nitrogens with zero attached hydrogens (tertiary/aromatic N) is 4. The van der Waals surface area contributed by atoms with Gasteiger partial charge in [0.1, 0.15) is 6.33 Å². The second-order valence-corrected chi connectivity index (χ2v) is 4.80. The fraction of sp³-hybridized carbons (Fsp3) is 0.231. The molecular formula is C13H13ClN4O2. The van der Waals surface area contributed by atoms with Crippen molar-refractivity contribution in [2.24, 2.45) is 0 Å². The van der Waals surface area contributed by atoms with Crippen LogP contribution in [0.2, 0.25) is 5.15 Å². The highest BCUT2D eigenvalue weighted by atomic mass is 35.5. The van der Waals surface area contributed by atoms with Crippen molar-refractivity contribution in [3.8, 4) is 0 Å². The predicted molar refractivity (Wildman–Crippen MR) is 77.0 cm³/mol. The summed E-state index contributed by atoms with van der Waals surface area (Å²) in [5, 5.41) is 10.9. The maximum absolute atomic E-state index is 11.1. The first-order chi connectivity index (χ1) is 9.49. The van der Waals surface area contributed by atoms with Gasteiger partial charge in [0.2, 0.25) is 11.0 Å². The van der Waals surface area contributed by atoms with Crippen LogP contribution >= 0.6 is 11.6 Å². The Morgan fingerprint density at radius 3 is 2.80 bits per heavy atom. The molecule has 0 N–H and O–H groups in total. The van der Waals surface area contributed by atoms with E-state index in [9.17, 15) is 10.1 Å². The van der Waals surface area contributed by atoms with Crippen LogP contribution in [0.1, 0.15) is 11.1 Å². The lowest BCUT2D eigenvalue weighted by Crippen LogP contribution is -2.19. The zero-order valence-corrected chi connectivity index (χ0v) is 11.8. The van der Waals surface area contributed by atoms with Crippen LogP contribution in [0.5, 0.6) is 0 Å². The monoisotopic (exact) mass is 292 g/mol. The molecule has 0 saturated carbocycles. The summed E-state index contributed by atoms with van der Waals surface area (Å²) in [5.41, 5.74) is 1.90.